The maximum Gasteiger partial charge on any atom is 0.305 e. The van der Waals surface area contributed by atoms with Crippen LogP contribution in [-0.2, 0) is 4.79 Å². The molecule has 1 aromatic carbocycles. The molecule has 1 atom stereocenters. The van der Waals surface area contributed by atoms with Crippen LogP contribution in [0.2, 0.25) is 0 Å². The molecule has 2 rings (SSSR count). The van der Waals surface area contributed by atoms with Crippen molar-refractivity contribution in [2.45, 2.75) is 31.7 Å². The molecule has 0 spiro atoms. The Hall–Kier alpha value is -0.880. The van der Waals surface area contributed by atoms with Crippen LogP contribution in [0.25, 0.3) is 0 Å². The molecular formula is C14H15Br2NO3. The summed E-state index contributed by atoms with van der Waals surface area (Å²) in [6, 6.07) is 5.18. The number of nitrogens with zero attached hydrogens (tertiary/aromatic N) is 1. The van der Waals surface area contributed by atoms with Gasteiger partial charge >= 0.3 is 5.97 Å². The number of benzene rings is 1. The molecule has 1 aliphatic heterocycles. The molecule has 1 aromatic rings. The highest BCUT2D eigenvalue weighted by atomic mass is 79.9. The van der Waals surface area contributed by atoms with Crippen molar-refractivity contribution >= 4 is 43.7 Å². The fourth-order valence-electron chi connectivity index (χ4n) is 2.50. The highest BCUT2D eigenvalue weighted by Crippen LogP contribution is 2.27. The molecule has 1 fully saturated rings. The zero-order valence-electron chi connectivity index (χ0n) is 10.8. The summed E-state index contributed by atoms with van der Waals surface area (Å²) >= 11 is 6.74. The molecule has 0 radical (unpaired) electrons. The van der Waals surface area contributed by atoms with E-state index in [1.54, 1.807) is 11.0 Å². The van der Waals surface area contributed by atoms with Crippen LogP contribution in [-0.4, -0.2) is 34.5 Å². The standard InChI is InChI=1S/C14H15Br2NO3/c15-9-4-5-11(12(16)7-9)14(20)17-6-2-1-3-10(17)8-13(18)19/h4-5,7,10H,1-3,6,8H2,(H,18,19). The maximum atomic E-state index is 12.6. The second-order valence-electron chi connectivity index (χ2n) is 4.87. The first kappa shape index (κ1) is 15.5. The molecule has 1 unspecified atom stereocenters. The van der Waals surface area contributed by atoms with Crippen LogP contribution < -0.4 is 0 Å². The van der Waals surface area contributed by atoms with Gasteiger partial charge in [-0.05, 0) is 53.4 Å². The summed E-state index contributed by atoms with van der Waals surface area (Å²) in [5.74, 6) is -0.958. The molecule has 1 N–H and O–H groups in total. The van der Waals surface area contributed by atoms with Gasteiger partial charge in [-0.15, -0.1) is 0 Å². The quantitative estimate of drug-likeness (QED) is 0.835. The number of carboxylic acid groups (broad SMARTS) is 1. The topological polar surface area (TPSA) is 57.6 Å². The van der Waals surface area contributed by atoms with Crippen molar-refractivity contribution in [1.82, 2.24) is 4.90 Å². The molecule has 1 amide bonds. The zero-order valence-corrected chi connectivity index (χ0v) is 14.0. The molecule has 20 heavy (non-hydrogen) atoms. The average Bonchev–Trinajstić information content (AvgIpc) is 2.38. The third-order valence-electron chi connectivity index (χ3n) is 3.46. The fraction of sp³-hybridized carbons (Fsp3) is 0.429. The van der Waals surface area contributed by atoms with E-state index in [-0.39, 0.29) is 18.4 Å². The Morgan fingerprint density at radius 1 is 1.30 bits per heavy atom. The Labute approximate surface area is 134 Å². The van der Waals surface area contributed by atoms with Gasteiger partial charge in [0.25, 0.3) is 5.91 Å². The number of hydrogen-bond acceptors (Lipinski definition) is 2. The van der Waals surface area contributed by atoms with Gasteiger partial charge < -0.3 is 10.0 Å². The minimum Gasteiger partial charge on any atom is -0.481 e. The smallest absolute Gasteiger partial charge is 0.305 e. The van der Waals surface area contributed by atoms with Crippen molar-refractivity contribution < 1.29 is 14.7 Å². The van der Waals surface area contributed by atoms with Crippen LogP contribution in [0.1, 0.15) is 36.0 Å². The SMILES string of the molecule is O=C(O)CC1CCCCN1C(=O)c1ccc(Br)cc1Br. The number of carbonyl (C=O) groups is 2. The van der Waals surface area contributed by atoms with Gasteiger partial charge in [0, 0.05) is 21.5 Å². The number of aliphatic carboxylic acids is 1. The zero-order chi connectivity index (χ0) is 14.7. The van der Waals surface area contributed by atoms with Crippen molar-refractivity contribution in [2.24, 2.45) is 0 Å². The van der Waals surface area contributed by atoms with Crippen LogP contribution in [0.3, 0.4) is 0 Å². The average molecular weight is 405 g/mol. The Morgan fingerprint density at radius 2 is 2.05 bits per heavy atom. The minimum absolute atomic E-state index is 0.0138. The molecule has 0 aromatic heterocycles. The predicted octanol–water partition coefficient (Wildman–Crippen LogP) is 3.68. The third kappa shape index (κ3) is 3.61. The fourth-order valence-corrected chi connectivity index (χ4v) is 3.72. The van der Waals surface area contributed by atoms with Crippen molar-refractivity contribution in [1.29, 1.82) is 0 Å². The second kappa shape index (κ2) is 6.72. The molecule has 1 heterocycles. The van der Waals surface area contributed by atoms with E-state index in [0.717, 1.165) is 28.2 Å². The number of amides is 1. The number of piperidine rings is 1. The number of hydrogen-bond donors (Lipinski definition) is 1. The van der Waals surface area contributed by atoms with Gasteiger partial charge in [0.2, 0.25) is 0 Å². The van der Waals surface area contributed by atoms with Crippen molar-refractivity contribution in [3.8, 4) is 0 Å². The summed E-state index contributed by atoms with van der Waals surface area (Å²) in [6.45, 7) is 0.624. The van der Waals surface area contributed by atoms with Crippen LogP contribution in [0.15, 0.2) is 27.1 Å². The van der Waals surface area contributed by atoms with E-state index in [1.807, 2.05) is 12.1 Å². The van der Waals surface area contributed by atoms with Crippen molar-refractivity contribution in [2.75, 3.05) is 6.54 Å². The van der Waals surface area contributed by atoms with E-state index in [1.165, 1.54) is 0 Å². The lowest BCUT2D eigenvalue weighted by atomic mass is 9.98. The Morgan fingerprint density at radius 3 is 2.70 bits per heavy atom. The first-order valence-corrected chi connectivity index (χ1v) is 8.05. The number of halogens is 2. The number of rotatable bonds is 3. The molecule has 0 saturated carbocycles. The molecule has 4 nitrogen and oxygen atoms in total. The van der Waals surface area contributed by atoms with Gasteiger partial charge in [0.05, 0.1) is 12.0 Å². The van der Waals surface area contributed by atoms with Crippen molar-refractivity contribution in [3.63, 3.8) is 0 Å². The number of carboxylic acids is 1. The molecule has 1 saturated heterocycles. The Kier molecular flexibility index (Phi) is 5.21. The van der Waals surface area contributed by atoms with Crippen LogP contribution >= 0.6 is 31.9 Å². The summed E-state index contributed by atoms with van der Waals surface area (Å²) in [6.07, 6.45) is 2.67. The highest BCUT2D eigenvalue weighted by Gasteiger charge is 2.29. The maximum absolute atomic E-state index is 12.6. The van der Waals surface area contributed by atoms with Gasteiger partial charge in [-0.3, -0.25) is 9.59 Å². The Balaban J connectivity index is 2.22. The van der Waals surface area contributed by atoms with E-state index < -0.39 is 5.97 Å². The number of carbonyl (C=O) groups excluding carboxylic acids is 1. The second-order valence-corrected chi connectivity index (χ2v) is 6.64. The summed E-state index contributed by atoms with van der Waals surface area (Å²) in [5, 5.41) is 8.97. The van der Waals surface area contributed by atoms with E-state index in [4.69, 9.17) is 5.11 Å². The van der Waals surface area contributed by atoms with E-state index in [2.05, 4.69) is 31.9 Å². The molecule has 0 aliphatic carbocycles. The Bertz CT molecular complexity index is 533. The summed E-state index contributed by atoms with van der Waals surface area (Å²) in [7, 11) is 0. The largest absolute Gasteiger partial charge is 0.481 e. The van der Waals surface area contributed by atoms with Crippen LogP contribution in [0.5, 0.6) is 0 Å². The molecular weight excluding hydrogens is 390 g/mol. The van der Waals surface area contributed by atoms with Crippen molar-refractivity contribution in [3.05, 3.63) is 32.7 Å². The molecule has 108 valence electrons. The third-order valence-corrected chi connectivity index (χ3v) is 4.61. The molecule has 6 heteroatoms. The lowest BCUT2D eigenvalue weighted by Gasteiger charge is -2.35. The molecule has 1 aliphatic rings. The molecule has 0 bridgehead atoms. The number of likely N-dealkylation sites (tertiary alicyclic amines) is 1. The lowest BCUT2D eigenvalue weighted by Crippen LogP contribution is -2.44. The van der Waals surface area contributed by atoms with E-state index >= 15 is 0 Å². The van der Waals surface area contributed by atoms with E-state index in [9.17, 15) is 9.59 Å². The minimum atomic E-state index is -0.857. The normalized spacial score (nSPS) is 18.9. The van der Waals surface area contributed by atoms with Gasteiger partial charge in [0.1, 0.15) is 0 Å². The first-order chi connectivity index (χ1) is 9.49. The van der Waals surface area contributed by atoms with Crippen LogP contribution in [0.4, 0.5) is 0 Å². The summed E-state index contributed by atoms with van der Waals surface area (Å²) < 4.78 is 1.61. The predicted molar refractivity (Wildman–Crippen MR) is 82.8 cm³/mol. The van der Waals surface area contributed by atoms with E-state index in [0.29, 0.717) is 12.1 Å². The summed E-state index contributed by atoms with van der Waals surface area (Å²) in [4.78, 5) is 25.2. The van der Waals surface area contributed by atoms with Gasteiger partial charge in [-0.1, -0.05) is 15.9 Å². The highest BCUT2D eigenvalue weighted by molar-refractivity contribution is 9.11. The van der Waals surface area contributed by atoms with Crippen LogP contribution in [0, 0.1) is 0 Å². The summed E-state index contributed by atoms with van der Waals surface area (Å²) in [5.41, 5.74) is 0.575. The van der Waals surface area contributed by atoms with Gasteiger partial charge in [0.15, 0.2) is 0 Å². The van der Waals surface area contributed by atoms with Gasteiger partial charge in [-0.25, -0.2) is 0 Å². The first-order valence-electron chi connectivity index (χ1n) is 6.47. The lowest BCUT2D eigenvalue weighted by molar-refractivity contribution is -0.138. The van der Waals surface area contributed by atoms with Gasteiger partial charge in [-0.2, -0.15) is 0 Å². The monoisotopic (exact) mass is 403 g/mol.